The number of pyridine rings is 1. The molecule has 1 atom stereocenters. The molecule has 1 aromatic heterocycles. The molecule has 1 saturated carbocycles. The lowest BCUT2D eigenvalue weighted by molar-refractivity contribution is 0.0567. The van der Waals surface area contributed by atoms with Gasteiger partial charge in [0, 0.05) is 49.4 Å². The second-order valence-electron chi connectivity index (χ2n) is 9.88. The number of hydrogen-bond acceptors (Lipinski definition) is 5. The van der Waals surface area contributed by atoms with E-state index < -0.39 is 29.1 Å². The maximum Gasteiger partial charge on any atom is 0.256 e. The van der Waals surface area contributed by atoms with Crippen LogP contribution in [0.2, 0.25) is 10.0 Å². The Morgan fingerprint density at radius 3 is 2.47 bits per heavy atom. The summed E-state index contributed by atoms with van der Waals surface area (Å²) in [6.07, 6.45) is 3.88. The third kappa shape index (κ3) is 5.96. The highest BCUT2D eigenvalue weighted by Gasteiger charge is 2.29. The first-order valence-corrected chi connectivity index (χ1v) is 13.3. The normalized spacial score (nSPS) is 17.5. The minimum Gasteiger partial charge on any atom is -0.491 e. The molecule has 1 saturated heterocycles. The number of rotatable bonds is 8. The molecule has 11 heteroatoms. The van der Waals surface area contributed by atoms with Crippen LogP contribution in [0.15, 0.2) is 41.3 Å². The lowest BCUT2D eigenvalue weighted by Gasteiger charge is -2.33. The molecule has 1 aliphatic heterocycles. The molecule has 0 spiro atoms. The number of hydrogen-bond donors (Lipinski definition) is 2. The highest BCUT2D eigenvalue weighted by atomic mass is 35.5. The zero-order valence-corrected chi connectivity index (χ0v) is 21.9. The van der Waals surface area contributed by atoms with Gasteiger partial charge in [0.05, 0.1) is 15.6 Å². The highest BCUT2D eigenvalue weighted by molar-refractivity contribution is 6.31. The van der Waals surface area contributed by atoms with Gasteiger partial charge >= 0.3 is 0 Å². The van der Waals surface area contributed by atoms with Crippen molar-refractivity contribution in [1.82, 2.24) is 14.8 Å². The van der Waals surface area contributed by atoms with Crippen molar-refractivity contribution >= 4 is 40.0 Å². The molecule has 202 valence electrons. The fourth-order valence-electron chi connectivity index (χ4n) is 4.79. The fraction of sp³-hybridized carbons (Fsp3) is 0.407. The first kappa shape index (κ1) is 26.9. The summed E-state index contributed by atoms with van der Waals surface area (Å²) in [6, 6.07) is 6.66. The molecule has 0 bridgehead atoms. The number of ether oxygens (including phenoxy) is 1. The zero-order valence-electron chi connectivity index (χ0n) is 20.4. The molecule has 38 heavy (non-hydrogen) atoms. The lowest BCUT2D eigenvalue weighted by atomic mass is 10.0. The molecule has 0 radical (unpaired) electrons. The molecular formula is C27H27Cl2F2N3O4. The molecule has 2 aromatic carbocycles. The number of aliphatic hydroxyl groups excluding tert-OH is 1. The number of benzene rings is 2. The molecule has 2 fully saturated rings. The van der Waals surface area contributed by atoms with E-state index in [4.69, 9.17) is 27.9 Å². The topological polar surface area (TPSA) is 83.8 Å². The van der Waals surface area contributed by atoms with Crippen LogP contribution >= 0.6 is 23.2 Å². The Hall–Kier alpha value is -2.72. The van der Waals surface area contributed by atoms with E-state index in [1.165, 1.54) is 24.3 Å². The van der Waals surface area contributed by atoms with Gasteiger partial charge in [-0.05, 0) is 49.9 Å². The maximum atomic E-state index is 14.1. The standard InChI is InChI=1S/C27H27Cl2F2N3O4/c28-21-4-3-18(9-23(21)30)38-14-17(35)12-33-7-5-15(6-8-33)32-27(37)20-13-34(16-1-2-16)25-11-22(29)24(31)10-19(25)26(20)36/h3-4,9-11,13,15-17,35H,1-2,5-8,12,14H2,(H,32,37). The number of amides is 1. The number of carbonyl (C=O) groups excluding carboxylic acids is 1. The predicted molar refractivity (Wildman–Crippen MR) is 141 cm³/mol. The summed E-state index contributed by atoms with van der Waals surface area (Å²) in [5, 5.41) is 13.4. The quantitative estimate of drug-likeness (QED) is 0.418. The van der Waals surface area contributed by atoms with E-state index >= 15 is 0 Å². The summed E-state index contributed by atoms with van der Waals surface area (Å²) in [7, 11) is 0. The van der Waals surface area contributed by atoms with E-state index in [2.05, 4.69) is 10.2 Å². The van der Waals surface area contributed by atoms with Crippen LogP contribution in [-0.2, 0) is 0 Å². The minimum atomic E-state index is -0.785. The van der Waals surface area contributed by atoms with Crippen LogP contribution in [0.25, 0.3) is 10.9 Å². The van der Waals surface area contributed by atoms with Gasteiger partial charge in [0.15, 0.2) is 0 Å². The number of halogens is 4. The Labute approximate surface area is 227 Å². The fourth-order valence-corrected chi connectivity index (χ4v) is 5.07. The lowest BCUT2D eigenvalue weighted by Crippen LogP contribution is -2.47. The van der Waals surface area contributed by atoms with Crippen LogP contribution in [0, 0.1) is 11.6 Å². The smallest absolute Gasteiger partial charge is 0.256 e. The average Bonchev–Trinajstić information content (AvgIpc) is 3.73. The van der Waals surface area contributed by atoms with Gasteiger partial charge in [-0.2, -0.15) is 0 Å². The summed E-state index contributed by atoms with van der Waals surface area (Å²) < 4.78 is 35.0. The largest absolute Gasteiger partial charge is 0.491 e. The summed E-state index contributed by atoms with van der Waals surface area (Å²) in [5.74, 6) is -1.48. The maximum absolute atomic E-state index is 14.1. The van der Waals surface area contributed by atoms with Gasteiger partial charge in [-0.3, -0.25) is 9.59 Å². The number of fused-ring (bicyclic) bond motifs is 1. The molecule has 3 aromatic rings. The number of aliphatic hydroxyl groups is 1. The van der Waals surface area contributed by atoms with Crippen molar-refractivity contribution in [3.63, 3.8) is 0 Å². The van der Waals surface area contributed by atoms with Crippen LogP contribution < -0.4 is 15.5 Å². The van der Waals surface area contributed by atoms with Gasteiger partial charge in [-0.25, -0.2) is 8.78 Å². The molecular weight excluding hydrogens is 539 g/mol. The van der Waals surface area contributed by atoms with Crippen LogP contribution in [-0.4, -0.2) is 58.9 Å². The van der Waals surface area contributed by atoms with Gasteiger partial charge in [-0.15, -0.1) is 0 Å². The van der Waals surface area contributed by atoms with E-state index in [-0.39, 0.29) is 45.4 Å². The summed E-state index contributed by atoms with van der Waals surface area (Å²) >= 11 is 11.6. The number of β-amino-alcohol motifs (C(OH)–C–C–N with tert-alkyl or cyclic N) is 1. The summed E-state index contributed by atoms with van der Waals surface area (Å²) in [6.45, 7) is 1.62. The van der Waals surface area contributed by atoms with Crippen molar-refractivity contribution in [3.05, 3.63) is 74.0 Å². The van der Waals surface area contributed by atoms with Gasteiger partial charge < -0.3 is 24.6 Å². The molecule has 2 heterocycles. The van der Waals surface area contributed by atoms with Gasteiger partial charge in [-0.1, -0.05) is 23.2 Å². The average molecular weight is 566 g/mol. The molecule has 7 nitrogen and oxygen atoms in total. The van der Waals surface area contributed by atoms with Crippen molar-refractivity contribution in [1.29, 1.82) is 0 Å². The first-order valence-electron chi connectivity index (χ1n) is 12.5. The van der Waals surface area contributed by atoms with Crippen LogP contribution in [0.1, 0.15) is 42.1 Å². The van der Waals surface area contributed by atoms with Gasteiger partial charge in [0.1, 0.15) is 35.7 Å². The monoisotopic (exact) mass is 565 g/mol. The van der Waals surface area contributed by atoms with Crippen LogP contribution in [0.3, 0.4) is 0 Å². The Morgan fingerprint density at radius 1 is 1.08 bits per heavy atom. The van der Waals surface area contributed by atoms with Gasteiger partial charge in [0.25, 0.3) is 5.91 Å². The second kappa shape index (κ2) is 11.2. The van der Waals surface area contributed by atoms with E-state index in [0.29, 0.717) is 38.0 Å². The molecule has 1 aliphatic carbocycles. The predicted octanol–water partition coefficient (Wildman–Crippen LogP) is 4.56. The molecule has 5 rings (SSSR count). The Bertz CT molecular complexity index is 1420. The first-order chi connectivity index (χ1) is 18.2. The third-order valence-electron chi connectivity index (χ3n) is 6.98. The molecule has 1 amide bonds. The Balaban J connectivity index is 1.17. The second-order valence-corrected chi connectivity index (χ2v) is 10.7. The van der Waals surface area contributed by atoms with E-state index in [1.54, 1.807) is 6.20 Å². The number of carbonyl (C=O) groups is 1. The van der Waals surface area contributed by atoms with Crippen molar-refractivity contribution < 1.29 is 23.4 Å². The SMILES string of the molecule is O=C(NC1CCN(CC(O)COc2ccc(Cl)c(F)c2)CC1)c1cn(C2CC2)c2cc(Cl)c(F)cc2c1=O. The van der Waals surface area contributed by atoms with Crippen molar-refractivity contribution in [2.24, 2.45) is 0 Å². The highest BCUT2D eigenvalue weighted by Crippen LogP contribution is 2.37. The van der Waals surface area contributed by atoms with Crippen LogP contribution in [0.5, 0.6) is 5.75 Å². The summed E-state index contributed by atoms with van der Waals surface area (Å²) in [4.78, 5) is 28.2. The summed E-state index contributed by atoms with van der Waals surface area (Å²) in [5.41, 5.74) is -0.0108. The number of nitrogens with zero attached hydrogens (tertiary/aromatic N) is 2. The number of aromatic nitrogens is 1. The molecule has 2 aliphatic rings. The van der Waals surface area contributed by atoms with Crippen LogP contribution in [0.4, 0.5) is 8.78 Å². The molecule has 2 N–H and O–H groups in total. The molecule has 1 unspecified atom stereocenters. The van der Waals surface area contributed by atoms with Crippen molar-refractivity contribution in [3.8, 4) is 5.75 Å². The third-order valence-corrected chi connectivity index (χ3v) is 7.58. The van der Waals surface area contributed by atoms with E-state index in [9.17, 15) is 23.5 Å². The van der Waals surface area contributed by atoms with Crippen molar-refractivity contribution in [2.45, 2.75) is 43.9 Å². The number of likely N-dealkylation sites (tertiary alicyclic amines) is 1. The zero-order chi connectivity index (χ0) is 27.0. The van der Waals surface area contributed by atoms with E-state index in [1.807, 2.05) is 4.57 Å². The Morgan fingerprint density at radius 2 is 1.79 bits per heavy atom. The minimum absolute atomic E-state index is 0.000806. The van der Waals surface area contributed by atoms with Crippen molar-refractivity contribution in [2.75, 3.05) is 26.2 Å². The van der Waals surface area contributed by atoms with Gasteiger partial charge in [0.2, 0.25) is 5.43 Å². The Kier molecular flexibility index (Phi) is 7.90. The van der Waals surface area contributed by atoms with E-state index in [0.717, 1.165) is 18.9 Å². The number of nitrogens with one attached hydrogen (secondary N) is 1. The number of piperidine rings is 1.